The van der Waals surface area contributed by atoms with Crippen molar-refractivity contribution in [3.8, 4) is 0 Å². The highest BCUT2D eigenvalue weighted by molar-refractivity contribution is 5.17. The minimum Gasteiger partial charge on any atom is -0.382 e. The fraction of sp³-hybridized carbons (Fsp3) is 0.455. The zero-order valence-corrected chi connectivity index (χ0v) is 8.97. The Balaban J connectivity index is 2.28. The van der Waals surface area contributed by atoms with Crippen molar-refractivity contribution < 1.29 is 22.7 Å². The van der Waals surface area contributed by atoms with Gasteiger partial charge < -0.3 is 10.4 Å². The number of alkyl halides is 3. The van der Waals surface area contributed by atoms with Crippen LogP contribution in [0.1, 0.15) is 5.56 Å². The summed E-state index contributed by atoms with van der Waals surface area (Å²) in [6, 6.07) is 6.06. The summed E-state index contributed by atoms with van der Waals surface area (Å²) in [5.74, 6) is -0.384. The molecule has 0 saturated heterocycles. The van der Waals surface area contributed by atoms with Crippen LogP contribution < -0.4 is 5.32 Å². The van der Waals surface area contributed by atoms with Gasteiger partial charge in [-0.15, -0.1) is 0 Å². The molecule has 1 unspecified atom stereocenters. The number of halogens is 4. The molecule has 0 amide bonds. The molecule has 1 aromatic rings. The molecule has 0 aliphatic rings. The molecule has 17 heavy (non-hydrogen) atoms. The molecule has 0 bridgehead atoms. The van der Waals surface area contributed by atoms with Crippen molar-refractivity contribution in [3.05, 3.63) is 35.6 Å². The molecule has 0 aliphatic heterocycles. The molecular weight excluding hydrogens is 238 g/mol. The summed E-state index contributed by atoms with van der Waals surface area (Å²) in [7, 11) is 0. The Morgan fingerprint density at radius 3 is 2.47 bits per heavy atom. The highest BCUT2D eigenvalue weighted by atomic mass is 19.4. The largest absolute Gasteiger partial charge is 0.415 e. The van der Waals surface area contributed by atoms with Crippen molar-refractivity contribution >= 4 is 0 Å². The van der Waals surface area contributed by atoms with Gasteiger partial charge in [0.05, 0.1) is 0 Å². The third kappa shape index (κ3) is 4.70. The van der Waals surface area contributed by atoms with Crippen molar-refractivity contribution in [2.45, 2.75) is 18.7 Å². The van der Waals surface area contributed by atoms with E-state index >= 15 is 0 Å². The van der Waals surface area contributed by atoms with Crippen molar-refractivity contribution in [1.29, 1.82) is 0 Å². The fourth-order valence-electron chi connectivity index (χ4n) is 1.28. The second-order valence-electron chi connectivity index (χ2n) is 3.60. The number of aliphatic hydroxyl groups is 1. The van der Waals surface area contributed by atoms with Crippen LogP contribution in [0.3, 0.4) is 0 Å². The second-order valence-corrected chi connectivity index (χ2v) is 3.60. The van der Waals surface area contributed by atoms with E-state index in [1.54, 1.807) is 18.2 Å². The molecule has 0 fully saturated rings. The van der Waals surface area contributed by atoms with Gasteiger partial charge in [0.2, 0.25) is 0 Å². The normalized spacial score (nSPS) is 13.7. The number of nitrogens with one attached hydrogen (secondary N) is 1. The van der Waals surface area contributed by atoms with Gasteiger partial charge in [-0.2, -0.15) is 13.2 Å². The van der Waals surface area contributed by atoms with E-state index in [-0.39, 0.29) is 18.8 Å². The van der Waals surface area contributed by atoms with Gasteiger partial charge >= 0.3 is 6.18 Å². The van der Waals surface area contributed by atoms with Crippen LogP contribution >= 0.6 is 0 Å². The first-order valence-corrected chi connectivity index (χ1v) is 5.10. The van der Waals surface area contributed by atoms with Crippen LogP contribution in [0.4, 0.5) is 17.6 Å². The fourth-order valence-corrected chi connectivity index (χ4v) is 1.28. The molecule has 0 aliphatic carbocycles. The Bertz CT molecular complexity index is 354. The lowest BCUT2D eigenvalue weighted by molar-refractivity contribution is -0.201. The Morgan fingerprint density at radius 1 is 1.24 bits per heavy atom. The van der Waals surface area contributed by atoms with Crippen LogP contribution in [0.2, 0.25) is 0 Å². The lowest BCUT2D eigenvalue weighted by atomic mass is 10.1. The van der Waals surface area contributed by atoms with E-state index in [0.29, 0.717) is 5.56 Å². The quantitative estimate of drug-likeness (QED) is 0.618. The number of aliphatic hydroxyl groups excluding tert-OH is 1. The van der Waals surface area contributed by atoms with E-state index in [9.17, 15) is 17.6 Å². The molecule has 0 aromatic heterocycles. The average molecular weight is 251 g/mol. The highest BCUT2D eigenvalue weighted by Gasteiger charge is 2.37. The summed E-state index contributed by atoms with van der Waals surface area (Å²) in [5.41, 5.74) is 0.432. The van der Waals surface area contributed by atoms with E-state index in [4.69, 9.17) is 5.11 Å². The van der Waals surface area contributed by atoms with Crippen LogP contribution in [0.5, 0.6) is 0 Å². The molecule has 1 atom stereocenters. The summed E-state index contributed by atoms with van der Waals surface area (Å²) in [4.78, 5) is 0. The van der Waals surface area contributed by atoms with Gasteiger partial charge in [0, 0.05) is 6.54 Å². The van der Waals surface area contributed by atoms with Crippen LogP contribution in [0.15, 0.2) is 24.3 Å². The molecule has 1 aromatic carbocycles. The number of hydrogen-bond donors (Lipinski definition) is 2. The molecule has 0 saturated carbocycles. The van der Waals surface area contributed by atoms with Crippen LogP contribution in [-0.2, 0) is 6.42 Å². The van der Waals surface area contributed by atoms with E-state index in [0.717, 1.165) is 0 Å². The Hall–Kier alpha value is -1.14. The van der Waals surface area contributed by atoms with Gasteiger partial charge in [0.25, 0.3) is 0 Å². The van der Waals surface area contributed by atoms with Gasteiger partial charge in [0.15, 0.2) is 6.10 Å². The summed E-state index contributed by atoms with van der Waals surface area (Å²) in [6.07, 6.45) is -6.73. The average Bonchev–Trinajstić information content (AvgIpc) is 2.25. The third-order valence-electron chi connectivity index (χ3n) is 2.24. The van der Waals surface area contributed by atoms with E-state index < -0.39 is 18.8 Å². The van der Waals surface area contributed by atoms with Gasteiger partial charge in [-0.3, -0.25) is 0 Å². The zero-order chi connectivity index (χ0) is 12.9. The molecular formula is C11H13F4NO. The molecule has 0 heterocycles. The number of rotatable bonds is 5. The first kappa shape index (κ1) is 13.9. The van der Waals surface area contributed by atoms with Gasteiger partial charge in [0.1, 0.15) is 5.82 Å². The summed E-state index contributed by atoms with van der Waals surface area (Å²) in [6.45, 7) is -0.411. The summed E-state index contributed by atoms with van der Waals surface area (Å²) >= 11 is 0. The van der Waals surface area contributed by atoms with Crippen molar-refractivity contribution in [2.24, 2.45) is 0 Å². The topological polar surface area (TPSA) is 32.3 Å². The van der Waals surface area contributed by atoms with Gasteiger partial charge in [-0.05, 0) is 24.6 Å². The van der Waals surface area contributed by atoms with Crippen molar-refractivity contribution in [3.63, 3.8) is 0 Å². The SMILES string of the molecule is OC(CNCCc1ccccc1F)C(F)(F)F. The lowest BCUT2D eigenvalue weighted by Gasteiger charge is -2.15. The molecule has 0 spiro atoms. The maximum atomic E-state index is 13.1. The first-order chi connectivity index (χ1) is 7.91. The Labute approximate surface area is 96.3 Å². The molecule has 0 radical (unpaired) electrons. The monoisotopic (exact) mass is 251 g/mol. The molecule has 2 N–H and O–H groups in total. The number of hydrogen-bond acceptors (Lipinski definition) is 2. The van der Waals surface area contributed by atoms with Gasteiger partial charge in [-0.1, -0.05) is 18.2 Å². The lowest BCUT2D eigenvalue weighted by Crippen LogP contribution is -2.39. The minimum absolute atomic E-state index is 0.175. The maximum Gasteiger partial charge on any atom is 0.415 e. The Kier molecular flexibility index (Phi) is 4.89. The van der Waals surface area contributed by atoms with Gasteiger partial charge in [-0.25, -0.2) is 4.39 Å². The number of benzene rings is 1. The third-order valence-corrected chi connectivity index (χ3v) is 2.24. The molecule has 6 heteroatoms. The van der Waals surface area contributed by atoms with E-state index in [1.807, 2.05) is 0 Å². The summed E-state index contributed by atoms with van der Waals surface area (Å²) < 4.78 is 48.8. The van der Waals surface area contributed by atoms with E-state index in [2.05, 4.69) is 5.32 Å². The van der Waals surface area contributed by atoms with Crippen molar-refractivity contribution in [1.82, 2.24) is 5.32 Å². The predicted octanol–water partition coefficient (Wildman–Crippen LogP) is 1.88. The summed E-state index contributed by atoms with van der Waals surface area (Å²) in [5, 5.41) is 11.1. The molecule has 96 valence electrons. The second kappa shape index (κ2) is 5.97. The van der Waals surface area contributed by atoms with Crippen LogP contribution in [0, 0.1) is 5.82 Å². The van der Waals surface area contributed by atoms with Crippen LogP contribution in [-0.4, -0.2) is 30.5 Å². The van der Waals surface area contributed by atoms with E-state index in [1.165, 1.54) is 6.07 Å². The highest BCUT2D eigenvalue weighted by Crippen LogP contribution is 2.19. The smallest absolute Gasteiger partial charge is 0.382 e. The first-order valence-electron chi connectivity index (χ1n) is 5.10. The minimum atomic E-state index is -4.62. The van der Waals surface area contributed by atoms with Crippen molar-refractivity contribution in [2.75, 3.05) is 13.1 Å². The zero-order valence-electron chi connectivity index (χ0n) is 8.97. The predicted molar refractivity (Wildman–Crippen MR) is 55.0 cm³/mol. The van der Waals surface area contributed by atoms with Crippen LogP contribution in [0.25, 0.3) is 0 Å². The Morgan fingerprint density at radius 2 is 1.88 bits per heavy atom. The standard InChI is InChI=1S/C11H13F4NO/c12-9-4-2-1-3-8(9)5-6-16-7-10(17)11(13,14)15/h1-4,10,16-17H,5-7H2. The molecule has 1 rings (SSSR count). The maximum absolute atomic E-state index is 13.1. The molecule has 2 nitrogen and oxygen atoms in total.